The largest absolute Gasteiger partial charge is 0.503 e. The molecule has 0 atom stereocenters. The van der Waals surface area contributed by atoms with E-state index in [1.807, 2.05) is 36.4 Å². The number of methoxy groups -OCH3 is 2. The SMILES string of the molecule is CO/C=C(/C(=O)OC)c1ccccc1O/N=C(C)/C=C/c1ccc(Cl)cc1. The van der Waals surface area contributed by atoms with Gasteiger partial charge in [-0.25, -0.2) is 4.79 Å². The molecule has 5 nitrogen and oxygen atoms in total. The van der Waals surface area contributed by atoms with E-state index in [1.165, 1.54) is 20.5 Å². The molecule has 2 aromatic rings. The molecule has 0 amide bonds. The fraction of sp³-hybridized carbons (Fsp3) is 0.143. The lowest BCUT2D eigenvalue weighted by atomic mass is 10.1. The zero-order valence-electron chi connectivity index (χ0n) is 15.3. The highest BCUT2D eigenvalue weighted by Crippen LogP contribution is 2.27. The van der Waals surface area contributed by atoms with Crippen molar-refractivity contribution in [2.45, 2.75) is 6.92 Å². The van der Waals surface area contributed by atoms with Gasteiger partial charge in [0.2, 0.25) is 0 Å². The van der Waals surface area contributed by atoms with E-state index in [1.54, 1.807) is 31.2 Å². The van der Waals surface area contributed by atoms with Crippen LogP contribution >= 0.6 is 11.6 Å². The number of para-hydroxylation sites is 1. The van der Waals surface area contributed by atoms with Gasteiger partial charge in [-0.15, -0.1) is 0 Å². The van der Waals surface area contributed by atoms with Gasteiger partial charge in [0, 0.05) is 10.6 Å². The molecule has 0 unspecified atom stereocenters. The van der Waals surface area contributed by atoms with E-state index in [9.17, 15) is 4.79 Å². The predicted molar refractivity (Wildman–Crippen MR) is 108 cm³/mol. The highest BCUT2D eigenvalue weighted by molar-refractivity contribution is 6.30. The number of allylic oxidation sites excluding steroid dienone is 1. The maximum Gasteiger partial charge on any atom is 0.341 e. The maximum absolute atomic E-state index is 12.0. The summed E-state index contributed by atoms with van der Waals surface area (Å²) in [5.41, 5.74) is 2.39. The van der Waals surface area contributed by atoms with Crippen molar-refractivity contribution in [2.24, 2.45) is 5.16 Å². The average Bonchev–Trinajstić information content (AvgIpc) is 2.70. The number of carbonyl (C=O) groups is 1. The molecule has 0 spiro atoms. The van der Waals surface area contributed by atoms with Crippen molar-refractivity contribution in [3.05, 3.63) is 77.0 Å². The molecule has 0 aliphatic heterocycles. The van der Waals surface area contributed by atoms with Gasteiger partial charge in [-0.3, -0.25) is 0 Å². The van der Waals surface area contributed by atoms with Crippen LogP contribution in [0.1, 0.15) is 18.1 Å². The Hall–Kier alpha value is -3.05. The van der Waals surface area contributed by atoms with Gasteiger partial charge in [-0.2, -0.15) is 0 Å². The highest BCUT2D eigenvalue weighted by atomic mass is 35.5. The number of hydrogen-bond acceptors (Lipinski definition) is 5. The average molecular weight is 386 g/mol. The number of halogens is 1. The van der Waals surface area contributed by atoms with Gasteiger partial charge < -0.3 is 14.3 Å². The first-order valence-electron chi connectivity index (χ1n) is 8.11. The summed E-state index contributed by atoms with van der Waals surface area (Å²) >= 11 is 5.87. The number of ether oxygens (including phenoxy) is 2. The van der Waals surface area contributed by atoms with Gasteiger partial charge in [-0.1, -0.05) is 53.2 Å². The van der Waals surface area contributed by atoms with Crippen molar-refractivity contribution >= 4 is 34.9 Å². The molecular weight excluding hydrogens is 366 g/mol. The summed E-state index contributed by atoms with van der Waals surface area (Å²) in [5.74, 6) is -0.123. The van der Waals surface area contributed by atoms with Crippen LogP contribution in [0.25, 0.3) is 11.6 Å². The second kappa shape index (κ2) is 10.2. The molecule has 0 aliphatic carbocycles. The number of nitrogens with zero attached hydrogens (tertiary/aromatic N) is 1. The Morgan fingerprint density at radius 2 is 1.78 bits per heavy atom. The minimum Gasteiger partial charge on any atom is -0.503 e. The number of carbonyl (C=O) groups excluding carboxylic acids is 1. The molecule has 0 bridgehead atoms. The summed E-state index contributed by atoms with van der Waals surface area (Å²) in [7, 11) is 2.76. The third-order valence-electron chi connectivity index (χ3n) is 3.49. The molecule has 0 aromatic heterocycles. The van der Waals surface area contributed by atoms with Crippen molar-refractivity contribution in [1.82, 2.24) is 0 Å². The molecule has 0 aliphatic rings. The van der Waals surface area contributed by atoms with E-state index < -0.39 is 5.97 Å². The van der Waals surface area contributed by atoms with Gasteiger partial charge in [0.05, 0.1) is 26.2 Å². The molecule has 27 heavy (non-hydrogen) atoms. The van der Waals surface area contributed by atoms with Crippen molar-refractivity contribution in [3.8, 4) is 5.75 Å². The third kappa shape index (κ3) is 6.01. The number of oxime groups is 1. The topological polar surface area (TPSA) is 57.1 Å². The van der Waals surface area contributed by atoms with Crippen molar-refractivity contribution in [2.75, 3.05) is 14.2 Å². The Morgan fingerprint density at radius 3 is 2.44 bits per heavy atom. The van der Waals surface area contributed by atoms with Crippen molar-refractivity contribution in [1.29, 1.82) is 0 Å². The number of benzene rings is 2. The fourth-order valence-corrected chi connectivity index (χ4v) is 2.29. The molecule has 6 heteroatoms. The predicted octanol–water partition coefficient (Wildman–Crippen LogP) is 4.97. The third-order valence-corrected chi connectivity index (χ3v) is 3.75. The first-order valence-corrected chi connectivity index (χ1v) is 8.49. The van der Waals surface area contributed by atoms with Gasteiger partial charge >= 0.3 is 5.97 Å². The van der Waals surface area contributed by atoms with E-state index in [0.717, 1.165) is 5.56 Å². The van der Waals surface area contributed by atoms with Crippen LogP contribution in [0.2, 0.25) is 5.02 Å². The molecule has 0 saturated carbocycles. The quantitative estimate of drug-likeness (QED) is 0.222. The standard InChI is InChI=1S/C21H20ClNO4/c1-15(8-9-16-10-12-17(22)13-11-16)23-27-20-7-5-4-6-18(20)19(14-25-2)21(24)26-3/h4-14H,1-3H3/b9-8+,19-14+,23-15+. The Bertz CT molecular complexity index is 870. The summed E-state index contributed by atoms with van der Waals surface area (Å²) in [5, 5.41) is 4.78. The summed E-state index contributed by atoms with van der Waals surface area (Å²) in [6.07, 6.45) is 5.03. The monoisotopic (exact) mass is 385 g/mol. The number of rotatable bonds is 7. The van der Waals surface area contributed by atoms with Crippen LogP contribution in [-0.2, 0) is 14.3 Å². The van der Waals surface area contributed by atoms with Crippen LogP contribution < -0.4 is 4.84 Å². The zero-order valence-corrected chi connectivity index (χ0v) is 16.1. The van der Waals surface area contributed by atoms with Crippen LogP contribution in [0, 0.1) is 0 Å². The van der Waals surface area contributed by atoms with E-state index in [-0.39, 0.29) is 5.57 Å². The Kier molecular flexibility index (Phi) is 7.64. The van der Waals surface area contributed by atoms with Crippen LogP contribution in [0.3, 0.4) is 0 Å². The molecule has 140 valence electrons. The van der Waals surface area contributed by atoms with Crippen molar-refractivity contribution in [3.63, 3.8) is 0 Å². The Labute approximate surface area is 163 Å². The first-order chi connectivity index (χ1) is 13.0. The molecule has 0 radical (unpaired) electrons. The molecule has 0 saturated heterocycles. The lowest BCUT2D eigenvalue weighted by Gasteiger charge is -2.09. The van der Waals surface area contributed by atoms with Crippen LogP contribution in [0.4, 0.5) is 0 Å². The van der Waals surface area contributed by atoms with Gasteiger partial charge in [-0.05, 0) is 36.8 Å². The van der Waals surface area contributed by atoms with Gasteiger partial charge in [0.1, 0.15) is 5.57 Å². The minimum absolute atomic E-state index is 0.236. The van der Waals surface area contributed by atoms with Gasteiger partial charge in [0.25, 0.3) is 0 Å². The molecule has 0 N–H and O–H groups in total. The summed E-state index contributed by atoms with van der Waals surface area (Å²) in [4.78, 5) is 17.5. The van der Waals surface area contributed by atoms with E-state index in [0.29, 0.717) is 22.0 Å². The number of esters is 1. The summed E-state index contributed by atoms with van der Waals surface area (Å²) in [6.45, 7) is 1.81. The zero-order chi connectivity index (χ0) is 19.6. The molecular formula is C21H20ClNO4. The van der Waals surface area contributed by atoms with Crippen LogP contribution in [-0.4, -0.2) is 25.9 Å². The smallest absolute Gasteiger partial charge is 0.341 e. The second-order valence-electron chi connectivity index (χ2n) is 5.46. The molecule has 2 aromatic carbocycles. The molecule has 0 fully saturated rings. The normalized spacial score (nSPS) is 12.1. The van der Waals surface area contributed by atoms with E-state index in [4.69, 9.17) is 25.9 Å². The lowest BCUT2D eigenvalue weighted by Crippen LogP contribution is -2.06. The molecule has 0 heterocycles. The Balaban J connectivity index is 2.19. The van der Waals surface area contributed by atoms with E-state index in [2.05, 4.69) is 5.16 Å². The van der Waals surface area contributed by atoms with Gasteiger partial charge in [0.15, 0.2) is 5.75 Å². The fourth-order valence-electron chi connectivity index (χ4n) is 2.16. The van der Waals surface area contributed by atoms with Crippen LogP contribution in [0.15, 0.2) is 66.0 Å². The summed E-state index contributed by atoms with van der Waals surface area (Å²) in [6, 6.07) is 14.4. The second-order valence-corrected chi connectivity index (χ2v) is 5.90. The maximum atomic E-state index is 12.0. The van der Waals surface area contributed by atoms with Crippen LogP contribution in [0.5, 0.6) is 5.75 Å². The van der Waals surface area contributed by atoms with E-state index >= 15 is 0 Å². The lowest BCUT2D eigenvalue weighted by molar-refractivity contribution is -0.133. The van der Waals surface area contributed by atoms with Crippen molar-refractivity contribution < 1.29 is 19.1 Å². The molecule has 2 rings (SSSR count). The number of hydrogen-bond donors (Lipinski definition) is 0. The first kappa shape index (κ1) is 20.3. The Morgan fingerprint density at radius 1 is 1.07 bits per heavy atom. The highest BCUT2D eigenvalue weighted by Gasteiger charge is 2.17. The summed E-state index contributed by atoms with van der Waals surface area (Å²) < 4.78 is 9.78. The minimum atomic E-state index is -0.531.